The number of esters is 1. The molecule has 2 N–H and O–H groups in total. The van der Waals surface area contributed by atoms with Crippen LogP contribution >= 0.6 is 11.6 Å². The fourth-order valence-electron chi connectivity index (χ4n) is 1.46. The number of carbonyl (C=O) groups is 1. The largest absolute Gasteiger partial charge is 0.462 e. The molecule has 2 rings (SSSR count). The molecule has 2 aromatic rings. The van der Waals surface area contributed by atoms with Crippen molar-refractivity contribution in [2.75, 3.05) is 12.3 Å². The number of ether oxygens (including phenoxy) is 2. The molecule has 2 aromatic heterocycles. The molecule has 0 aliphatic carbocycles. The lowest BCUT2D eigenvalue weighted by Crippen LogP contribution is -2.08. The highest BCUT2D eigenvalue weighted by molar-refractivity contribution is 6.30. The number of carbonyl (C=O) groups excluding carboxylic acids is 1. The third-order valence-electron chi connectivity index (χ3n) is 2.26. The van der Waals surface area contributed by atoms with Crippen molar-refractivity contribution >= 4 is 23.3 Å². The molecule has 20 heavy (non-hydrogen) atoms. The van der Waals surface area contributed by atoms with Gasteiger partial charge in [0.25, 0.3) is 0 Å². The highest BCUT2D eigenvalue weighted by Crippen LogP contribution is 2.26. The smallest absolute Gasteiger partial charge is 0.343 e. The lowest BCUT2D eigenvalue weighted by molar-refractivity contribution is 0.0523. The van der Waals surface area contributed by atoms with Gasteiger partial charge in [0.15, 0.2) is 0 Å². The molecule has 0 atom stereocenters. The molecule has 0 bridgehead atoms. The zero-order chi connectivity index (χ0) is 14.5. The number of nitrogens with zero attached hydrogens (tertiary/aromatic N) is 2. The number of hydrogen-bond acceptors (Lipinski definition) is 6. The van der Waals surface area contributed by atoms with E-state index in [0.29, 0.717) is 16.5 Å². The number of nitrogens with two attached hydrogens (primary N) is 1. The number of nitrogen functional groups attached to an aromatic ring is 1. The number of halogens is 1. The summed E-state index contributed by atoms with van der Waals surface area (Å²) in [6.45, 7) is 1.95. The van der Waals surface area contributed by atoms with Crippen molar-refractivity contribution in [3.05, 3.63) is 41.3 Å². The van der Waals surface area contributed by atoms with E-state index < -0.39 is 5.97 Å². The summed E-state index contributed by atoms with van der Waals surface area (Å²) in [4.78, 5) is 19.7. The van der Waals surface area contributed by atoms with Crippen LogP contribution in [0.5, 0.6) is 11.6 Å². The second-order valence-electron chi connectivity index (χ2n) is 3.78. The van der Waals surface area contributed by atoms with Crippen molar-refractivity contribution in [1.29, 1.82) is 0 Å². The quantitative estimate of drug-likeness (QED) is 0.872. The van der Waals surface area contributed by atoms with E-state index in [0.717, 1.165) is 0 Å². The summed E-state index contributed by atoms with van der Waals surface area (Å²) in [5, 5.41) is 0.413. The molecule has 7 heteroatoms. The second-order valence-corrected chi connectivity index (χ2v) is 4.22. The van der Waals surface area contributed by atoms with Gasteiger partial charge in [-0.05, 0) is 13.0 Å². The summed E-state index contributed by atoms with van der Waals surface area (Å²) in [6.07, 6.45) is 4.31. The first-order chi connectivity index (χ1) is 9.60. The Labute approximate surface area is 120 Å². The minimum Gasteiger partial charge on any atom is -0.462 e. The van der Waals surface area contributed by atoms with Crippen LogP contribution in [0.3, 0.4) is 0 Å². The van der Waals surface area contributed by atoms with E-state index >= 15 is 0 Å². The molecular weight excluding hydrogens is 282 g/mol. The topological polar surface area (TPSA) is 87.3 Å². The summed E-state index contributed by atoms with van der Waals surface area (Å²) in [5.74, 6) is -0.112. The first-order valence-electron chi connectivity index (χ1n) is 5.81. The zero-order valence-corrected chi connectivity index (χ0v) is 11.4. The SMILES string of the molecule is CCOC(=O)c1cc(N)cnc1Oc1cncc(Cl)c1. The molecule has 0 radical (unpaired) electrons. The van der Waals surface area contributed by atoms with Gasteiger partial charge in [-0.25, -0.2) is 9.78 Å². The van der Waals surface area contributed by atoms with Crippen LogP contribution in [0, 0.1) is 0 Å². The Hall–Kier alpha value is -2.34. The molecule has 0 aromatic carbocycles. The maximum atomic E-state index is 11.8. The first kappa shape index (κ1) is 14.1. The standard InChI is InChI=1S/C13H12ClN3O3/c1-2-19-13(18)11-4-9(15)6-17-12(11)20-10-3-8(14)5-16-7-10/h3-7H,2,15H2,1H3. The van der Waals surface area contributed by atoms with Gasteiger partial charge < -0.3 is 15.2 Å². The number of aromatic nitrogens is 2. The maximum Gasteiger partial charge on any atom is 0.343 e. The zero-order valence-electron chi connectivity index (χ0n) is 10.7. The molecular formula is C13H12ClN3O3. The minimum absolute atomic E-state index is 0.0849. The van der Waals surface area contributed by atoms with E-state index in [1.807, 2.05) is 0 Å². The Balaban J connectivity index is 2.33. The molecule has 0 unspecified atom stereocenters. The van der Waals surface area contributed by atoms with Crippen molar-refractivity contribution in [2.45, 2.75) is 6.92 Å². The number of pyridine rings is 2. The molecule has 104 valence electrons. The van der Waals surface area contributed by atoms with Gasteiger partial charge in [-0.15, -0.1) is 0 Å². The van der Waals surface area contributed by atoms with Crippen LogP contribution in [-0.2, 0) is 4.74 Å². The van der Waals surface area contributed by atoms with Crippen LogP contribution in [-0.4, -0.2) is 22.5 Å². The summed E-state index contributed by atoms with van der Waals surface area (Å²) in [6, 6.07) is 3.00. The van der Waals surface area contributed by atoms with Gasteiger partial charge in [0.1, 0.15) is 11.3 Å². The van der Waals surface area contributed by atoms with E-state index in [-0.39, 0.29) is 18.1 Å². The fourth-order valence-corrected chi connectivity index (χ4v) is 1.63. The van der Waals surface area contributed by atoms with E-state index in [4.69, 9.17) is 26.8 Å². The van der Waals surface area contributed by atoms with E-state index in [9.17, 15) is 4.79 Å². The fraction of sp³-hybridized carbons (Fsp3) is 0.154. The molecule has 0 aliphatic rings. The molecule has 0 fully saturated rings. The van der Waals surface area contributed by atoms with Gasteiger partial charge in [0, 0.05) is 12.3 Å². The highest BCUT2D eigenvalue weighted by atomic mass is 35.5. The molecule has 0 spiro atoms. The monoisotopic (exact) mass is 293 g/mol. The number of rotatable bonds is 4. The Morgan fingerprint density at radius 2 is 2.15 bits per heavy atom. The van der Waals surface area contributed by atoms with E-state index in [1.165, 1.54) is 24.7 Å². The van der Waals surface area contributed by atoms with Gasteiger partial charge >= 0.3 is 5.97 Å². The highest BCUT2D eigenvalue weighted by Gasteiger charge is 2.16. The van der Waals surface area contributed by atoms with E-state index in [1.54, 1.807) is 13.0 Å². The van der Waals surface area contributed by atoms with Crippen LogP contribution in [0.4, 0.5) is 5.69 Å². The van der Waals surface area contributed by atoms with Gasteiger partial charge in [0.05, 0.1) is 29.7 Å². The van der Waals surface area contributed by atoms with Crippen LogP contribution < -0.4 is 10.5 Å². The van der Waals surface area contributed by atoms with Gasteiger partial charge in [-0.2, -0.15) is 0 Å². The second kappa shape index (κ2) is 6.21. The van der Waals surface area contributed by atoms with Crippen molar-refractivity contribution in [3.8, 4) is 11.6 Å². The molecule has 0 saturated heterocycles. The molecule has 2 heterocycles. The third kappa shape index (κ3) is 3.36. The lowest BCUT2D eigenvalue weighted by Gasteiger charge is -2.09. The van der Waals surface area contributed by atoms with Crippen LogP contribution in [0.15, 0.2) is 30.7 Å². The Kier molecular flexibility index (Phi) is 4.37. The molecule has 0 aliphatic heterocycles. The Morgan fingerprint density at radius 3 is 2.85 bits per heavy atom. The Bertz CT molecular complexity index is 634. The van der Waals surface area contributed by atoms with Crippen LogP contribution in [0.25, 0.3) is 0 Å². The van der Waals surface area contributed by atoms with Crippen molar-refractivity contribution < 1.29 is 14.3 Å². The van der Waals surface area contributed by atoms with Crippen molar-refractivity contribution in [3.63, 3.8) is 0 Å². The van der Waals surface area contributed by atoms with Crippen LogP contribution in [0.1, 0.15) is 17.3 Å². The molecule has 6 nitrogen and oxygen atoms in total. The Morgan fingerprint density at radius 1 is 1.35 bits per heavy atom. The average Bonchev–Trinajstić information content (AvgIpc) is 2.41. The minimum atomic E-state index is -0.558. The van der Waals surface area contributed by atoms with Gasteiger partial charge in [-0.3, -0.25) is 4.98 Å². The summed E-state index contributed by atoms with van der Waals surface area (Å²) >= 11 is 5.81. The van der Waals surface area contributed by atoms with Crippen LogP contribution in [0.2, 0.25) is 5.02 Å². The molecule has 0 saturated carbocycles. The normalized spacial score (nSPS) is 10.1. The first-order valence-corrected chi connectivity index (χ1v) is 6.19. The van der Waals surface area contributed by atoms with E-state index in [2.05, 4.69) is 9.97 Å². The van der Waals surface area contributed by atoms with Gasteiger partial charge in [0.2, 0.25) is 5.88 Å². The van der Waals surface area contributed by atoms with Crippen molar-refractivity contribution in [2.24, 2.45) is 0 Å². The number of anilines is 1. The average molecular weight is 294 g/mol. The number of hydrogen-bond donors (Lipinski definition) is 1. The summed E-state index contributed by atoms with van der Waals surface area (Å²) in [7, 11) is 0. The molecule has 0 amide bonds. The third-order valence-corrected chi connectivity index (χ3v) is 2.47. The maximum absolute atomic E-state index is 11.8. The summed E-state index contributed by atoms with van der Waals surface area (Å²) < 4.78 is 10.4. The summed E-state index contributed by atoms with van der Waals surface area (Å²) in [5.41, 5.74) is 6.10. The predicted octanol–water partition coefficient (Wildman–Crippen LogP) is 2.68. The van der Waals surface area contributed by atoms with Crippen molar-refractivity contribution in [1.82, 2.24) is 9.97 Å². The lowest BCUT2D eigenvalue weighted by atomic mass is 10.2. The van der Waals surface area contributed by atoms with Gasteiger partial charge in [-0.1, -0.05) is 11.6 Å². The predicted molar refractivity (Wildman–Crippen MR) is 73.9 cm³/mol.